The van der Waals surface area contributed by atoms with E-state index in [4.69, 9.17) is 10.00 Å². The van der Waals surface area contributed by atoms with Crippen molar-refractivity contribution in [1.29, 1.82) is 5.26 Å². The first-order valence-electron chi connectivity index (χ1n) is 3.12. The topological polar surface area (TPSA) is 33.0 Å². The average Bonchev–Trinajstić information content (AvgIpc) is 1.89. The Labute approximate surface area is 66.6 Å². The fourth-order valence-corrected chi connectivity index (χ4v) is 1.20. The minimum atomic E-state index is -0.0957. The first-order chi connectivity index (χ1) is 4.62. The van der Waals surface area contributed by atoms with E-state index in [0.29, 0.717) is 5.75 Å². The average molecular weight is 159 g/mol. The lowest BCUT2D eigenvalue weighted by Crippen LogP contribution is -2.25. The van der Waals surface area contributed by atoms with E-state index in [1.807, 2.05) is 13.8 Å². The second-order valence-electron chi connectivity index (χ2n) is 2.61. The molecule has 0 aromatic heterocycles. The van der Waals surface area contributed by atoms with E-state index < -0.39 is 0 Å². The molecule has 0 aliphatic rings. The molecule has 0 bridgehead atoms. The predicted octanol–water partition coefficient (Wildman–Crippen LogP) is 1.67. The van der Waals surface area contributed by atoms with Crippen LogP contribution in [0.3, 0.4) is 0 Å². The summed E-state index contributed by atoms with van der Waals surface area (Å²) in [5.41, 5.74) is -0.0957. The van der Waals surface area contributed by atoms with Crippen LogP contribution in [0.5, 0.6) is 0 Å². The Morgan fingerprint density at radius 2 is 2.20 bits per heavy atom. The molecule has 58 valence electrons. The molecule has 3 heteroatoms. The lowest BCUT2D eigenvalue weighted by atomic mass is 10.2. The minimum absolute atomic E-state index is 0.0957. The van der Waals surface area contributed by atoms with E-state index >= 15 is 0 Å². The van der Waals surface area contributed by atoms with Gasteiger partial charge in [0.05, 0.1) is 17.4 Å². The fraction of sp³-hybridized carbons (Fsp3) is 0.857. The predicted molar refractivity (Wildman–Crippen MR) is 44.0 cm³/mol. The third kappa shape index (κ3) is 4.66. The minimum Gasteiger partial charge on any atom is -0.378 e. The molecule has 0 unspecified atom stereocenters. The van der Waals surface area contributed by atoms with Crippen LogP contribution in [0.2, 0.25) is 0 Å². The summed E-state index contributed by atoms with van der Waals surface area (Å²) in [5, 5.41) is 8.22. The molecular weight excluding hydrogens is 146 g/mol. The van der Waals surface area contributed by atoms with Crippen LogP contribution < -0.4 is 0 Å². The van der Waals surface area contributed by atoms with Crippen molar-refractivity contribution >= 4 is 11.8 Å². The summed E-state index contributed by atoms with van der Waals surface area (Å²) in [6, 6.07) is 2.07. The van der Waals surface area contributed by atoms with Gasteiger partial charge in [0.15, 0.2) is 0 Å². The molecule has 0 heterocycles. The maximum atomic E-state index is 8.22. The van der Waals surface area contributed by atoms with Gasteiger partial charge in [0, 0.05) is 12.9 Å². The molecule has 0 aliphatic heterocycles. The molecular formula is C7H13NOS. The fourth-order valence-electron chi connectivity index (χ4n) is 0.401. The first kappa shape index (κ1) is 9.80. The van der Waals surface area contributed by atoms with Gasteiger partial charge in [-0.05, 0) is 13.8 Å². The zero-order valence-corrected chi connectivity index (χ0v) is 7.49. The summed E-state index contributed by atoms with van der Waals surface area (Å²) in [6.07, 6.45) is 0. The molecule has 0 atom stereocenters. The molecule has 2 nitrogen and oxygen atoms in total. The summed E-state index contributed by atoms with van der Waals surface area (Å²) >= 11 is 1.60. The number of rotatable bonds is 4. The van der Waals surface area contributed by atoms with Gasteiger partial charge in [0.1, 0.15) is 0 Å². The molecule has 0 aromatic carbocycles. The monoisotopic (exact) mass is 159 g/mol. The van der Waals surface area contributed by atoms with Gasteiger partial charge >= 0.3 is 0 Å². The van der Waals surface area contributed by atoms with Crippen LogP contribution in [-0.4, -0.2) is 24.2 Å². The van der Waals surface area contributed by atoms with Crippen molar-refractivity contribution in [2.75, 3.05) is 18.6 Å². The van der Waals surface area contributed by atoms with Crippen molar-refractivity contribution in [3.63, 3.8) is 0 Å². The van der Waals surface area contributed by atoms with Crippen molar-refractivity contribution in [1.82, 2.24) is 0 Å². The Kier molecular flexibility index (Phi) is 4.50. The highest BCUT2D eigenvalue weighted by molar-refractivity contribution is 7.99. The van der Waals surface area contributed by atoms with Crippen LogP contribution in [0.4, 0.5) is 0 Å². The molecule has 0 saturated carbocycles. The van der Waals surface area contributed by atoms with Crippen molar-refractivity contribution < 1.29 is 4.74 Å². The van der Waals surface area contributed by atoms with Crippen LogP contribution in [-0.2, 0) is 4.74 Å². The van der Waals surface area contributed by atoms with Gasteiger partial charge < -0.3 is 4.74 Å². The number of hydrogen-bond acceptors (Lipinski definition) is 3. The van der Waals surface area contributed by atoms with Gasteiger partial charge in [-0.15, -0.1) is 11.8 Å². The summed E-state index contributed by atoms with van der Waals surface area (Å²) in [7, 11) is 1.69. The Morgan fingerprint density at radius 3 is 2.60 bits per heavy atom. The van der Waals surface area contributed by atoms with Crippen molar-refractivity contribution in [3.05, 3.63) is 0 Å². The molecule has 0 fully saturated rings. The Morgan fingerprint density at radius 1 is 1.60 bits per heavy atom. The number of ether oxygens (including phenoxy) is 1. The van der Waals surface area contributed by atoms with Gasteiger partial charge in [-0.25, -0.2) is 0 Å². The SMILES string of the molecule is COC(C)(C)CSCC#N. The zero-order chi connectivity index (χ0) is 8.04. The van der Waals surface area contributed by atoms with Crippen LogP contribution in [0.1, 0.15) is 13.8 Å². The summed E-state index contributed by atoms with van der Waals surface area (Å²) in [4.78, 5) is 0. The van der Waals surface area contributed by atoms with Crippen LogP contribution in [0, 0.1) is 11.3 Å². The highest BCUT2D eigenvalue weighted by Crippen LogP contribution is 2.14. The highest BCUT2D eigenvalue weighted by Gasteiger charge is 2.15. The van der Waals surface area contributed by atoms with Gasteiger partial charge in [-0.1, -0.05) is 0 Å². The smallest absolute Gasteiger partial charge is 0.0809 e. The molecule has 0 N–H and O–H groups in total. The van der Waals surface area contributed by atoms with Gasteiger partial charge in [0.2, 0.25) is 0 Å². The van der Waals surface area contributed by atoms with E-state index in [0.717, 1.165) is 5.75 Å². The second-order valence-corrected chi connectivity index (χ2v) is 3.60. The highest BCUT2D eigenvalue weighted by atomic mass is 32.2. The largest absolute Gasteiger partial charge is 0.378 e. The van der Waals surface area contributed by atoms with Crippen LogP contribution in [0.15, 0.2) is 0 Å². The first-order valence-corrected chi connectivity index (χ1v) is 4.28. The molecule has 0 aromatic rings. The van der Waals surface area contributed by atoms with Gasteiger partial charge in [0.25, 0.3) is 0 Å². The molecule has 0 radical (unpaired) electrons. The van der Waals surface area contributed by atoms with Gasteiger partial charge in [-0.3, -0.25) is 0 Å². The lowest BCUT2D eigenvalue weighted by Gasteiger charge is -2.21. The quantitative estimate of drug-likeness (QED) is 0.585. The van der Waals surface area contributed by atoms with E-state index in [1.165, 1.54) is 0 Å². The van der Waals surface area contributed by atoms with E-state index in [-0.39, 0.29) is 5.60 Å². The second kappa shape index (κ2) is 4.59. The van der Waals surface area contributed by atoms with Crippen molar-refractivity contribution in [2.24, 2.45) is 0 Å². The number of methoxy groups -OCH3 is 1. The summed E-state index contributed by atoms with van der Waals surface area (Å²) in [6.45, 7) is 4.02. The van der Waals surface area contributed by atoms with Crippen LogP contribution in [0.25, 0.3) is 0 Å². The molecule has 10 heavy (non-hydrogen) atoms. The standard InChI is InChI=1S/C7H13NOS/c1-7(2,9-3)6-10-5-4-8/h5-6H2,1-3H3. The molecule has 0 spiro atoms. The third-order valence-corrected chi connectivity index (χ3v) is 2.40. The van der Waals surface area contributed by atoms with E-state index in [2.05, 4.69) is 6.07 Å². The normalized spacial score (nSPS) is 11.0. The zero-order valence-electron chi connectivity index (χ0n) is 6.68. The molecule has 0 rings (SSSR count). The number of hydrogen-bond donors (Lipinski definition) is 0. The van der Waals surface area contributed by atoms with E-state index in [1.54, 1.807) is 18.9 Å². The summed E-state index contributed by atoms with van der Waals surface area (Å²) < 4.78 is 5.15. The summed E-state index contributed by atoms with van der Waals surface area (Å²) in [5.74, 6) is 1.42. The number of nitrogens with zero attached hydrogens (tertiary/aromatic N) is 1. The van der Waals surface area contributed by atoms with Gasteiger partial charge in [-0.2, -0.15) is 5.26 Å². The molecule has 0 saturated heterocycles. The number of nitriles is 1. The maximum Gasteiger partial charge on any atom is 0.0809 e. The van der Waals surface area contributed by atoms with E-state index in [9.17, 15) is 0 Å². The Bertz CT molecular complexity index is 128. The van der Waals surface area contributed by atoms with Crippen molar-refractivity contribution in [3.8, 4) is 6.07 Å². The Balaban J connectivity index is 3.39. The lowest BCUT2D eigenvalue weighted by molar-refractivity contribution is 0.0441. The Hall–Kier alpha value is -0.200. The maximum absolute atomic E-state index is 8.22. The molecule has 0 aliphatic carbocycles. The van der Waals surface area contributed by atoms with Crippen LogP contribution >= 0.6 is 11.8 Å². The number of thioether (sulfide) groups is 1. The molecule has 0 amide bonds. The third-order valence-electron chi connectivity index (χ3n) is 1.17. The van der Waals surface area contributed by atoms with Crippen molar-refractivity contribution in [2.45, 2.75) is 19.4 Å².